The molecule has 0 aromatic carbocycles. The Hall–Kier alpha value is -3.69. The van der Waals surface area contributed by atoms with Crippen molar-refractivity contribution >= 4 is 11.8 Å². The van der Waals surface area contributed by atoms with E-state index in [1.54, 1.807) is 11.1 Å². The number of aromatic nitrogens is 5. The Morgan fingerprint density at radius 1 is 1.11 bits per heavy atom. The summed E-state index contributed by atoms with van der Waals surface area (Å²) >= 11 is 0. The van der Waals surface area contributed by atoms with E-state index in [0.29, 0.717) is 43.6 Å². The van der Waals surface area contributed by atoms with Crippen molar-refractivity contribution in [3.8, 4) is 17.0 Å². The smallest absolute Gasteiger partial charge is 0.410 e. The predicted octanol–water partition coefficient (Wildman–Crippen LogP) is 3.94. The molecule has 0 saturated carbocycles. The number of nitrogens with zero attached hydrogens (tertiary/aromatic N) is 7. The molecule has 10 nitrogen and oxygen atoms in total. The largest absolute Gasteiger partial charge is 0.483 e. The molecule has 0 unspecified atom stereocenters. The molecule has 2 aliphatic rings. The van der Waals surface area contributed by atoms with Crippen molar-refractivity contribution in [2.75, 3.05) is 31.1 Å². The second-order valence-corrected chi connectivity index (χ2v) is 10.9. The highest BCUT2D eigenvalue weighted by Gasteiger charge is 2.29. The Morgan fingerprint density at radius 2 is 1.86 bits per heavy atom. The van der Waals surface area contributed by atoms with Gasteiger partial charge in [0.1, 0.15) is 29.4 Å². The van der Waals surface area contributed by atoms with Crippen molar-refractivity contribution in [2.24, 2.45) is 7.05 Å². The number of carbonyl (C=O) groups excluding carboxylic acids is 1. The molecule has 0 bridgehead atoms. The second-order valence-electron chi connectivity index (χ2n) is 10.9. The number of hydrogen-bond donors (Lipinski definition) is 0. The van der Waals surface area contributed by atoms with Gasteiger partial charge in [0.15, 0.2) is 5.75 Å². The molecular weight excluding hydrogens is 470 g/mol. The molecule has 3 aromatic rings. The number of fused-ring (bicyclic) bond motifs is 3. The maximum atomic E-state index is 12.3. The third kappa shape index (κ3) is 5.23. The van der Waals surface area contributed by atoms with Crippen molar-refractivity contribution < 1.29 is 14.3 Å². The Balaban J connectivity index is 1.26. The first-order chi connectivity index (χ1) is 17.6. The van der Waals surface area contributed by atoms with Crippen molar-refractivity contribution in [3.63, 3.8) is 0 Å². The third-order valence-electron chi connectivity index (χ3n) is 6.56. The molecule has 5 heterocycles. The van der Waals surface area contributed by atoms with E-state index in [-0.39, 0.29) is 6.09 Å². The van der Waals surface area contributed by atoms with Crippen molar-refractivity contribution in [2.45, 2.75) is 59.2 Å². The molecular formula is C27H35N7O3. The van der Waals surface area contributed by atoms with E-state index in [0.717, 1.165) is 47.1 Å². The van der Waals surface area contributed by atoms with Crippen molar-refractivity contribution in [1.82, 2.24) is 29.6 Å². The fourth-order valence-corrected chi connectivity index (χ4v) is 4.88. The number of piperazine rings is 1. The monoisotopic (exact) mass is 505 g/mol. The number of pyridine rings is 1. The highest BCUT2D eigenvalue weighted by atomic mass is 16.6. The third-order valence-corrected chi connectivity index (χ3v) is 6.56. The molecule has 2 aliphatic heterocycles. The number of anilines is 1. The average molecular weight is 506 g/mol. The first-order valence-electron chi connectivity index (χ1n) is 12.8. The van der Waals surface area contributed by atoms with Crippen molar-refractivity contribution in [3.05, 3.63) is 47.4 Å². The molecule has 0 atom stereocenters. The lowest BCUT2D eigenvalue weighted by molar-refractivity contribution is 0.0240. The summed E-state index contributed by atoms with van der Waals surface area (Å²) in [6.45, 7) is 13.1. The van der Waals surface area contributed by atoms with Crippen LogP contribution in [0.3, 0.4) is 0 Å². The molecule has 196 valence electrons. The fourth-order valence-electron chi connectivity index (χ4n) is 4.88. The van der Waals surface area contributed by atoms with E-state index in [1.165, 1.54) is 0 Å². The van der Waals surface area contributed by atoms with Crippen LogP contribution in [0.1, 0.15) is 63.4 Å². The van der Waals surface area contributed by atoms with Gasteiger partial charge in [-0.1, -0.05) is 13.8 Å². The van der Waals surface area contributed by atoms with Gasteiger partial charge in [0, 0.05) is 38.9 Å². The van der Waals surface area contributed by atoms with Gasteiger partial charge in [0.25, 0.3) is 0 Å². The zero-order chi connectivity index (χ0) is 26.3. The SMILES string of the molecule is CC(C)c1c2c(nn1C)COc1cnc(Cc3ccc(N4CCN(C(=O)OC(C)(C)C)CC4)cn3)nc1-2. The topological polar surface area (TPSA) is 98.5 Å². The summed E-state index contributed by atoms with van der Waals surface area (Å²) in [5, 5.41) is 4.65. The summed E-state index contributed by atoms with van der Waals surface area (Å²) < 4.78 is 13.3. The van der Waals surface area contributed by atoms with Crippen LogP contribution in [-0.2, 0) is 24.8 Å². The summed E-state index contributed by atoms with van der Waals surface area (Å²) in [6.07, 6.45) is 3.91. The fraction of sp³-hybridized carbons (Fsp3) is 0.519. The van der Waals surface area contributed by atoms with Crippen LogP contribution >= 0.6 is 0 Å². The number of ether oxygens (including phenoxy) is 2. The summed E-state index contributed by atoms with van der Waals surface area (Å²) in [4.78, 5) is 30.4. The molecule has 1 fully saturated rings. The second kappa shape index (κ2) is 9.64. The number of hydrogen-bond acceptors (Lipinski definition) is 8. The minimum atomic E-state index is -0.486. The van der Waals surface area contributed by atoms with Crippen LogP contribution < -0.4 is 9.64 Å². The van der Waals surface area contributed by atoms with Gasteiger partial charge in [-0.25, -0.2) is 14.8 Å². The van der Waals surface area contributed by atoms with Gasteiger partial charge in [-0.2, -0.15) is 5.10 Å². The summed E-state index contributed by atoms with van der Waals surface area (Å²) in [5.41, 5.74) is 5.38. The van der Waals surface area contributed by atoms with Gasteiger partial charge in [0.05, 0.1) is 35.8 Å². The summed E-state index contributed by atoms with van der Waals surface area (Å²) in [6, 6.07) is 4.09. The molecule has 1 saturated heterocycles. The van der Waals surface area contributed by atoms with Crippen LogP contribution in [0.4, 0.5) is 10.5 Å². The Kier molecular flexibility index (Phi) is 6.51. The van der Waals surface area contributed by atoms with Gasteiger partial charge in [-0.05, 0) is 38.8 Å². The maximum Gasteiger partial charge on any atom is 0.410 e. The molecule has 0 aliphatic carbocycles. The predicted molar refractivity (Wildman–Crippen MR) is 140 cm³/mol. The van der Waals surface area contributed by atoms with Gasteiger partial charge < -0.3 is 19.3 Å². The van der Waals surface area contributed by atoms with Crippen LogP contribution in [0.15, 0.2) is 24.5 Å². The number of aryl methyl sites for hydroxylation is 1. The van der Waals surface area contributed by atoms with Crippen LogP contribution in [0.5, 0.6) is 5.75 Å². The quantitative estimate of drug-likeness (QED) is 0.526. The van der Waals surface area contributed by atoms with Gasteiger partial charge in [0.2, 0.25) is 0 Å². The lowest BCUT2D eigenvalue weighted by Crippen LogP contribution is -2.50. The zero-order valence-electron chi connectivity index (χ0n) is 22.5. The Bertz CT molecular complexity index is 1290. The number of amides is 1. The average Bonchev–Trinajstić information content (AvgIpc) is 3.20. The molecule has 37 heavy (non-hydrogen) atoms. The van der Waals surface area contributed by atoms with E-state index >= 15 is 0 Å². The Morgan fingerprint density at radius 3 is 2.51 bits per heavy atom. The van der Waals surface area contributed by atoms with E-state index in [2.05, 4.69) is 39.9 Å². The first kappa shape index (κ1) is 25.0. The summed E-state index contributed by atoms with van der Waals surface area (Å²) in [7, 11) is 1.97. The minimum Gasteiger partial charge on any atom is -0.483 e. The normalized spacial score (nSPS) is 15.3. The standard InChI is InChI=1S/C27H35N7O3/c1-17(2)25-23-20(31-32(25)6)16-36-21-15-29-22(30-24(21)23)13-18-7-8-19(14-28-18)33-9-11-34(12-10-33)26(35)37-27(3,4)5/h7-8,14-15,17H,9-13,16H2,1-6H3. The molecule has 10 heteroatoms. The zero-order valence-corrected chi connectivity index (χ0v) is 22.5. The molecule has 0 radical (unpaired) electrons. The number of carbonyl (C=O) groups is 1. The minimum absolute atomic E-state index is 0.255. The molecule has 3 aromatic heterocycles. The number of rotatable bonds is 4. The molecule has 1 amide bonds. The first-order valence-corrected chi connectivity index (χ1v) is 12.8. The summed E-state index contributed by atoms with van der Waals surface area (Å²) in [5.74, 6) is 1.70. The van der Waals surface area contributed by atoms with Gasteiger partial charge in [-0.3, -0.25) is 9.67 Å². The van der Waals surface area contributed by atoms with E-state index in [4.69, 9.17) is 14.5 Å². The molecule has 0 N–H and O–H groups in total. The Labute approximate surface area is 217 Å². The van der Waals surface area contributed by atoms with Crippen molar-refractivity contribution in [1.29, 1.82) is 0 Å². The highest BCUT2D eigenvalue weighted by Crippen LogP contribution is 2.40. The van der Waals surface area contributed by atoms with Crippen LogP contribution in [0.25, 0.3) is 11.3 Å². The van der Waals surface area contributed by atoms with E-state index < -0.39 is 5.60 Å². The van der Waals surface area contributed by atoms with Crippen LogP contribution in [-0.4, -0.2) is 67.5 Å². The van der Waals surface area contributed by atoms with Gasteiger partial charge >= 0.3 is 6.09 Å². The molecule has 5 rings (SSSR count). The van der Waals surface area contributed by atoms with Gasteiger partial charge in [-0.15, -0.1) is 0 Å². The highest BCUT2D eigenvalue weighted by molar-refractivity contribution is 5.73. The lowest BCUT2D eigenvalue weighted by atomic mass is 9.99. The molecule has 0 spiro atoms. The van der Waals surface area contributed by atoms with Crippen LogP contribution in [0.2, 0.25) is 0 Å². The van der Waals surface area contributed by atoms with E-state index in [9.17, 15) is 4.79 Å². The lowest BCUT2D eigenvalue weighted by Gasteiger charge is -2.36. The van der Waals surface area contributed by atoms with Crippen LogP contribution in [0, 0.1) is 0 Å². The van der Waals surface area contributed by atoms with E-state index in [1.807, 2.05) is 44.8 Å². The maximum absolute atomic E-state index is 12.3.